The van der Waals surface area contributed by atoms with Crippen LogP contribution in [0, 0.1) is 5.92 Å². The van der Waals surface area contributed by atoms with E-state index in [-0.39, 0.29) is 18.8 Å². The minimum absolute atomic E-state index is 0.0742. The molecule has 0 unspecified atom stereocenters. The van der Waals surface area contributed by atoms with E-state index < -0.39 is 5.92 Å². The number of likely N-dealkylation sites (tertiary alicyclic amines) is 1. The van der Waals surface area contributed by atoms with Gasteiger partial charge in [-0.2, -0.15) is 0 Å². The van der Waals surface area contributed by atoms with Crippen molar-refractivity contribution < 1.29 is 8.78 Å². The van der Waals surface area contributed by atoms with E-state index >= 15 is 0 Å². The molecule has 3 heterocycles. The largest absolute Gasteiger partial charge is 0.303 e. The predicted molar refractivity (Wildman–Crippen MR) is 85.6 cm³/mol. The number of halogens is 2. The number of aromatic nitrogens is 2. The molecule has 0 N–H and O–H groups in total. The van der Waals surface area contributed by atoms with Crippen LogP contribution in [-0.2, 0) is 0 Å². The summed E-state index contributed by atoms with van der Waals surface area (Å²) in [6.45, 7) is 2.79. The van der Waals surface area contributed by atoms with Crippen LogP contribution in [0.2, 0.25) is 0 Å². The second-order valence-electron chi connectivity index (χ2n) is 6.99. The number of rotatable bonds is 3. The maximum atomic E-state index is 12.9. The van der Waals surface area contributed by atoms with Gasteiger partial charge in [0.15, 0.2) is 5.65 Å². The first kappa shape index (κ1) is 14.9. The van der Waals surface area contributed by atoms with Crippen LogP contribution in [0.3, 0.4) is 0 Å². The van der Waals surface area contributed by atoms with Crippen LogP contribution < -0.4 is 0 Å². The van der Waals surface area contributed by atoms with E-state index in [0.29, 0.717) is 5.92 Å². The molecule has 1 saturated heterocycles. The number of hydrogen-bond donors (Lipinski definition) is 0. The Bertz CT molecular complexity index is 687. The van der Waals surface area contributed by atoms with E-state index in [1.165, 1.54) is 0 Å². The Morgan fingerprint density at radius 1 is 1.13 bits per heavy atom. The third kappa shape index (κ3) is 3.20. The molecule has 0 amide bonds. The smallest absolute Gasteiger partial charge is 0.248 e. The lowest BCUT2D eigenvalue weighted by molar-refractivity contribution is -0.117. The Morgan fingerprint density at radius 2 is 1.91 bits per heavy atom. The maximum absolute atomic E-state index is 12.9. The van der Waals surface area contributed by atoms with E-state index in [1.54, 1.807) is 6.20 Å². The highest BCUT2D eigenvalue weighted by molar-refractivity contribution is 5.74. The van der Waals surface area contributed by atoms with E-state index in [4.69, 9.17) is 4.98 Å². The second kappa shape index (κ2) is 5.78. The van der Waals surface area contributed by atoms with Crippen molar-refractivity contribution in [2.24, 2.45) is 5.92 Å². The van der Waals surface area contributed by atoms with Crippen LogP contribution in [0.5, 0.6) is 0 Å². The fourth-order valence-corrected chi connectivity index (χ4v) is 3.89. The summed E-state index contributed by atoms with van der Waals surface area (Å²) in [6, 6.07) is 8.15. The number of nitrogens with zero attached hydrogens (tertiary/aromatic N) is 3. The molecule has 2 aliphatic rings. The fourth-order valence-electron chi connectivity index (χ4n) is 3.89. The Balaban J connectivity index is 1.35. The van der Waals surface area contributed by atoms with Crippen LogP contribution in [0.25, 0.3) is 11.0 Å². The van der Waals surface area contributed by atoms with Gasteiger partial charge >= 0.3 is 0 Å². The van der Waals surface area contributed by atoms with Gasteiger partial charge in [-0.3, -0.25) is 0 Å². The number of alkyl halides is 2. The molecular formula is C18H21F2N3. The van der Waals surface area contributed by atoms with E-state index in [2.05, 4.69) is 22.0 Å². The van der Waals surface area contributed by atoms with Gasteiger partial charge < -0.3 is 4.90 Å². The molecule has 1 aliphatic carbocycles. The highest BCUT2D eigenvalue weighted by Gasteiger charge is 2.45. The maximum Gasteiger partial charge on any atom is 0.248 e. The van der Waals surface area contributed by atoms with Crippen LogP contribution in [0.15, 0.2) is 30.5 Å². The molecule has 4 rings (SSSR count). The SMILES string of the molecule is FC1(F)CC(CN2CCC(c3ccc4cccnc4n3)CC2)C1. The quantitative estimate of drug-likeness (QED) is 0.861. The highest BCUT2D eigenvalue weighted by Crippen LogP contribution is 2.43. The van der Waals surface area contributed by atoms with Crippen molar-refractivity contribution in [3.05, 3.63) is 36.2 Å². The van der Waals surface area contributed by atoms with Gasteiger partial charge in [-0.1, -0.05) is 0 Å². The summed E-state index contributed by atoms with van der Waals surface area (Å²) in [5.74, 6) is -1.75. The molecule has 3 nitrogen and oxygen atoms in total. The van der Waals surface area contributed by atoms with E-state index in [0.717, 1.165) is 49.2 Å². The molecule has 1 saturated carbocycles. The summed E-state index contributed by atoms with van der Waals surface area (Å²) in [5, 5.41) is 1.07. The van der Waals surface area contributed by atoms with Crippen molar-refractivity contribution in [2.45, 2.75) is 37.5 Å². The third-order valence-electron chi connectivity index (χ3n) is 5.18. The first-order valence-corrected chi connectivity index (χ1v) is 8.41. The van der Waals surface area contributed by atoms with Gasteiger partial charge in [-0.25, -0.2) is 18.7 Å². The fraction of sp³-hybridized carbons (Fsp3) is 0.556. The lowest BCUT2D eigenvalue weighted by Crippen LogP contribution is -2.44. The third-order valence-corrected chi connectivity index (χ3v) is 5.18. The molecule has 0 aromatic carbocycles. The number of piperidine rings is 1. The summed E-state index contributed by atoms with van der Waals surface area (Å²) >= 11 is 0. The first-order valence-electron chi connectivity index (χ1n) is 8.41. The monoisotopic (exact) mass is 317 g/mol. The lowest BCUT2D eigenvalue weighted by Gasteiger charge is -2.40. The van der Waals surface area contributed by atoms with Crippen molar-refractivity contribution in [3.63, 3.8) is 0 Å². The molecule has 5 heteroatoms. The van der Waals surface area contributed by atoms with Gasteiger partial charge in [0.25, 0.3) is 0 Å². The zero-order valence-electron chi connectivity index (χ0n) is 13.1. The summed E-state index contributed by atoms with van der Waals surface area (Å²) in [5.41, 5.74) is 1.93. The molecular weight excluding hydrogens is 296 g/mol. The minimum Gasteiger partial charge on any atom is -0.303 e. The predicted octanol–water partition coefficient (Wildman–Crippen LogP) is 3.85. The van der Waals surface area contributed by atoms with E-state index in [1.807, 2.05) is 12.1 Å². The molecule has 0 atom stereocenters. The van der Waals surface area contributed by atoms with Gasteiger partial charge in [-0.15, -0.1) is 0 Å². The summed E-state index contributed by atoms with van der Waals surface area (Å²) in [4.78, 5) is 11.4. The topological polar surface area (TPSA) is 29.0 Å². The molecule has 0 radical (unpaired) electrons. The minimum atomic E-state index is -2.40. The summed E-state index contributed by atoms with van der Waals surface area (Å²) < 4.78 is 25.8. The zero-order valence-corrected chi connectivity index (χ0v) is 13.1. The summed E-state index contributed by atoms with van der Waals surface area (Å²) in [7, 11) is 0. The Kier molecular flexibility index (Phi) is 3.76. The van der Waals surface area contributed by atoms with Gasteiger partial charge in [0.05, 0.1) is 0 Å². The number of hydrogen-bond acceptors (Lipinski definition) is 3. The van der Waals surface area contributed by atoms with E-state index in [9.17, 15) is 8.78 Å². The van der Waals surface area contributed by atoms with Crippen molar-refractivity contribution in [2.75, 3.05) is 19.6 Å². The summed E-state index contributed by atoms with van der Waals surface area (Å²) in [6.07, 6.45) is 4.02. The molecule has 0 bridgehead atoms. The van der Waals surface area contributed by atoms with Crippen LogP contribution in [-0.4, -0.2) is 40.4 Å². The van der Waals surface area contributed by atoms with Gasteiger partial charge in [0, 0.05) is 42.6 Å². The average Bonchev–Trinajstić information content (AvgIpc) is 2.53. The van der Waals surface area contributed by atoms with Crippen LogP contribution in [0.4, 0.5) is 8.78 Å². The first-order chi connectivity index (χ1) is 11.1. The molecule has 2 aromatic heterocycles. The molecule has 2 aromatic rings. The standard InChI is InChI=1S/C18H21F2N3/c19-18(20)10-13(11-18)12-23-8-5-14(6-9-23)16-4-3-15-2-1-7-21-17(15)22-16/h1-4,7,13-14H,5-6,8-12H2. The molecule has 1 aliphatic heterocycles. The van der Waals surface area contributed by atoms with Crippen molar-refractivity contribution >= 4 is 11.0 Å². The molecule has 0 spiro atoms. The lowest BCUT2D eigenvalue weighted by atomic mass is 9.80. The number of fused-ring (bicyclic) bond motifs is 1. The highest BCUT2D eigenvalue weighted by atomic mass is 19.3. The molecule has 23 heavy (non-hydrogen) atoms. The average molecular weight is 317 g/mol. The van der Waals surface area contributed by atoms with Crippen molar-refractivity contribution in [1.82, 2.24) is 14.9 Å². The Labute approximate surface area is 134 Å². The van der Waals surface area contributed by atoms with Crippen molar-refractivity contribution in [3.8, 4) is 0 Å². The second-order valence-corrected chi connectivity index (χ2v) is 6.99. The van der Waals surface area contributed by atoms with Crippen LogP contribution >= 0.6 is 0 Å². The Morgan fingerprint density at radius 3 is 2.65 bits per heavy atom. The van der Waals surface area contributed by atoms with Crippen molar-refractivity contribution in [1.29, 1.82) is 0 Å². The van der Waals surface area contributed by atoms with Gasteiger partial charge in [0.1, 0.15) is 0 Å². The van der Waals surface area contributed by atoms with Crippen LogP contribution in [0.1, 0.15) is 37.3 Å². The Hall–Kier alpha value is -1.62. The molecule has 2 fully saturated rings. The molecule has 122 valence electrons. The van der Waals surface area contributed by atoms with Gasteiger partial charge in [0.2, 0.25) is 5.92 Å². The zero-order chi connectivity index (χ0) is 15.9. The normalized spacial score (nSPS) is 23.0. The van der Waals surface area contributed by atoms with Gasteiger partial charge in [-0.05, 0) is 56.1 Å². The number of pyridine rings is 2.